The molecule has 0 saturated carbocycles. The maximum atomic E-state index is 13.4. The Hall–Kier alpha value is -3.24. The molecule has 1 unspecified atom stereocenters. The van der Waals surface area contributed by atoms with E-state index in [9.17, 15) is 29.6 Å². The number of carboxylic acids is 2. The van der Waals surface area contributed by atoms with E-state index in [0.29, 0.717) is 18.4 Å². The number of thioether (sulfide) groups is 1. The minimum absolute atomic E-state index is 0.00934. The molecule has 3 rings (SSSR count). The highest BCUT2D eigenvalue weighted by Gasteiger charge is 2.48. The zero-order valence-corrected chi connectivity index (χ0v) is 17.8. The van der Waals surface area contributed by atoms with E-state index in [1.54, 1.807) is 12.1 Å². The minimum Gasteiger partial charge on any atom is -0.481 e. The molecule has 2 atom stereocenters. The van der Waals surface area contributed by atoms with Crippen molar-refractivity contribution in [1.29, 1.82) is 0 Å². The topological polar surface area (TPSA) is 147 Å². The number of nitrogens with zero attached hydrogens (tertiary/aromatic N) is 1. The molecule has 168 valence electrons. The molecule has 1 heterocycles. The molecule has 2 aromatic carbocycles. The molecule has 0 bridgehead atoms. The number of hydrogen-bond acceptors (Lipinski definition) is 7. The van der Waals surface area contributed by atoms with E-state index in [1.807, 2.05) is 18.2 Å². The third-order valence-electron chi connectivity index (χ3n) is 5.26. The fraction of sp³-hybridized carbons (Fsp3) is 0.318. The van der Waals surface area contributed by atoms with Gasteiger partial charge in [0.2, 0.25) is 0 Å². The summed E-state index contributed by atoms with van der Waals surface area (Å²) >= 11 is 1.13. The summed E-state index contributed by atoms with van der Waals surface area (Å²) in [6.45, 7) is 0. The average molecular weight is 458 g/mol. The number of nitro groups is 1. The predicted molar refractivity (Wildman–Crippen MR) is 118 cm³/mol. The van der Waals surface area contributed by atoms with Crippen molar-refractivity contribution in [2.75, 3.05) is 5.75 Å². The van der Waals surface area contributed by atoms with Crippen molar-refractivity contribution >= 4 is 35.2 Å². The second-order valence-corrected chi connectivity index (χ2v) is 8.71. The number of nitrogens with one attached hydrogen (secondary N) is 1. The van der Waals surface area contributed by atoms with Gasteiger partial charge in [0.1, 0.15) is 6.04 Å². The zero-order chi connectivity index (χ0) is 23.3. The average Bonchev–Trinajstić information content (AvgIpc) is 3.24. The Balaban J connectivity index is 1.82. The molecule has 2 aromatic rings. The van der Waals surface area contributed by atoms with Gasteiger partial charge in [-0.1, -0.05) is 36.4 Å². The molecule has 0 aliphatic carbocycles. The van der Waals surface area contributed by atoms with Gasteiger partial charge in [0, 0.05) is 30.7 Å². The van der Waals surface area contributed by atoms with Crippen LogP contribution in [0, 0.1) is 10.1 Å². The molecule has 1 aliphatic rings. The molecule has 0 amide bonds. The first-order valence-electron chi connectivity index (χ1n) is 9.93. The summed E-state index contributed by atoms with van der Waals surface area (Å²) in [5.41, 5.74) is 1.88. The third-order valence-corrected chi connectivity index (χ3v) is 6.77. The van der Waals surface area contributed by atoms with Crippen molar-refractivity contribution in [1.82, 2.24) is 5.32 Å². The normalized spacial score (nSPS) is 20.1. The van der Waals surface area contributed by atoms with E-state index < -0.39 is 27.8 Å². The number of benzene rings is 2. The molecule has 9 nitrogen and oxygen atoms in total. The van der Waals surface area contributed by atoms with E-state index >= 15 is 0 Å². The van der Waals surface area contributed by atoms with Gasteiger partial charge in [0.15, 0.2) is 10.7 Å². The molecule has 0 radical (unpaired) electrons. The van der Waals surface area contributed by atoms with Crippen molar-refractivity contribution in [2.24, 2.45) is 0 Å². The molecule has 3 N–H and O–H groups in total. The van der Waals surface area contributed by atoms with Crippen LogP contribution in [0.25, 0.3) is 0 Å². The van der Waals surface area contributed by atoms with Crippen LogP contribution in [0.2, 0.25) is 0 Å². The zero-order valence-electron chi connectivity index (χ0n) is 17.0. The highest BCUT2D eigenvalue weighted by molar-refractivity contribution is 8.01. The Bertz CT molecular complexity index is 1060. The first kappa shape index (κ1) is 23.4. The molecule has 1 saturated heterocycles. The van der Waals surface area contributed by atoms with Gasteiger partial charge < -0.3 is 10.2 Å². The molecule has 1 aliphatic heterocycles. The second-order valence-electron chi connectivity index (χ2n) is 7.47. The number of carboxylic acid groups (broad SMARTS) is 2. The van der Waals surface area contributed by atoms with Gasteiger partial charge in [-0.25, -0.2) is 0 Å². The van der Waals surface area contributed by atoms with Gasteiger partial charge in [-0.3, -0.25) is 29.8 Å². The van der Waals surface area contributed by atoms with Crippen LogP contribution >= 0.6 is 11.8 Å². The van der Waals surface area contributed by atoms with Crippen LogP contribution in [0.4, 0.5) is 5.69 Å². The Kier molecular flexibility index (Phi) is 7.26. The van der Waals surface area contributed by atoms with Gasteiger partial charge in [-0.05, 0) is 29.5 Å². The van der Waals surface area contributed by atoms with Crippen LogP contribution in [0.1, 0.15) is 29.5 Å². The minimum atomic E-state index is -1.39. The second kappa shape index (κ2) is 9.92. The summed E-state index contributed by atoms with van der Waals surface area (Å²) in [7, 11) is 0. The Morgan fingerprint density at radius 2 is 1.72 bits per heavy atom. The quantitative estimate of drug-likeness (QED) is 0.361. The molecular weight excluding hydrogens is 436 g/mol. The Labute approximate surface area is 188 Å². The Morgan fingerprint density at radius 3 is 2.31 bits per heavy atom. The van der Waals surface area contributed by atoms with E-state index in [1.165, 1.54) is 18.2 Å². The van der Waals surface area contributed by atoms with Crippen molar-refractivity contribution < 1.29 is 29.5 Å². The highest BCUT2D eigenvalue weighted by atomic mass is 32.2. The number of rotatable bonds is 10. The number of aliphatic carboxylic acids is 2. The summed E-state index contributed by atoms with van der Waals surface area (Å²) < 4.78 is 0. The molecule has 0 aromatic heterocycles. The first-order chi connectivity index (χ1) is 15.2. The van der Waals surface area contributed by atoms with Crippen molar-refractivity contribution in [2.45, 2.75) is 36.6 Å². The van der Waals surface area contributed by atoms with Crippen LogP contribution in [-0.2, 0) is 32.1 Å². The van der Waals surface area contributed by atoms with E-state index in [4.69, 9.17) is 5.11 Å². The van der Waals surface area contributed by atoms with Gasteiger partial charge in [-0.2, -0.15) is 0 Å². The lowest BCUT2D eigenvalue weighted by atomic mass is 9.95. The van der Waals surface area contributed by atoms with E-state index in [2.05, 4.69) is 5.32 Å². The molecule has 0 spiro atoms. The number of ketones is 1. The smallest absolute Gasteiger partial charge is 0.321 e. The first-order valence-corrected chi connectivity index (χ1v) is 10.9. The number of carbonyl (C=O) groups excluding carboxylic acids is 1. The monoisotopic (exact) mass is 458 g/mol. The van der Waals surface area contributed by atoms with Crippen molar-refractivity contribution in [3.8, 4) is 0 Å². The highest BCUT2D eigenvalue weighted by Crippen LogP contribution is 2.42. The number of Topliss-reactive ketones (excluding diaryl/α,β-unsaturated/α-hetero) is 1. The maximum Gasteiger partial charge on any atom is 0.321 e. The van der Waals surface area contributed by atoms with Gasteiger partial charge >= 0.3 is 11.9 Å². The number of hydrogen-bond donors (Lipinski definition) is 3. The lowest BCUT2D eigenvalue weighted by molar-refractivity contribution is -0.384. The SMILES string of the molecule is O=C(O)CCc1cccc(CCC(=O)C2(c3cccc([N+](=O)[O-])c3)N[C@H](C(=O)O)CS2)c1. The summed E-state index contributed by atoms with van der Waals surface area (Å²) in [6.07, 6.45) is 0.843. The summed E-state index contributed by atoms with van der Waals surface area (Å²) in [5, 5.41) is 32.4. The van der Waals surface area contributed by atoms with Crippen molar-refractivity contribution in [3.63, 3.8) is 0 Å². The lowest BCUT2D eigenvalue weighted by Gasteiger charge is -2.28. The Morgan fingerprint density at radius 1 is 1.06 bits per heavy atom. The summed E-state index contributed by atoms with van der Waals surface area (Å²) in [4.78, 5) is 44.9. The fourth-order valence-electron chi connectivity index (χ4n) is 3.62. The van der Waals surface area contributed by atoms with Gasteiger partial charge in [0.25, 0.3) is 5.69 Å². The van der Waals surface area contributed by atoms with Crippen molar-refractivity contribution in [3.05, 3.63) is 75.3 Å². The van der Waals surface area contributed by atoms with Crippen LogP contribution in [0.5, 0.6) is 0 Å². The van der Waals surface area contributed by atoms with Crippen LogP contribution in [0.3, 0.4) is 0 Å². The maximum absolute atomic E-state index is 13.4. The van der Waals surface area contributed by atoms with Gasteiger partial charge in [0.05, 0.1) is 4.92 Å². The van der Waals surface area contributed by atoms with Gasteiger partial charge in [-0.15, -0.1) is 11.8 Å². The number of carbonyl (C=O) groups is 3. The lowest BCUT2D eigenvalue weighted by Crippen LogP contribution is -2.48. The fourth-order valence-corrected chi connectivity index (χ4v) is 5.05. The number of non-ortho nitro benzene ring substituents is 1. The standard InChI is InChI=1S/C22H22N2O7S/c25-19(9-7-14-3-1-4-15(11-14)8-10-20(26)27)22(23-18(13-32-22)21(28)29)16-5-2-6-17(12-16)24(30)31/h1-6,11-12,18,23H,7-10,13H2,(H,26,27)(H,28,29)/t18-,22?/m0/s1. The third kappa shape index (κ3) is 5.32. The largest absolute Gasteiger partial charge is 0.481 e. The molecule has 32 heavy (non-hydrogen) atoms. The number of aryl methyl sites for hydroxylation is 2. The summed E-state index contributed by atoms with van der Waals surface area (Å²) in [5.74, 6) is -2.11. The van der Waals surface area contributed by atoms with E-state index in [0.717, 1.165) is 22.9 Å². The van der Waals surface area contributed by atoms with Crippen LogP contribution in [0.15, 0.2) is 48.5 Å². The van der Waals surface area contributed by atoms with E-state index in [-0.39, 0.29) is 30.1 Å². The van der Waals surface area contributed by atoms with Crippen LogP contribution < -0.4 is 5.32 Å². The molecule has 1 fully saturated rings. The predicted octanol–water partition coefficient (Wildman–Crippen LogP) is 2.76. The number of nitro benzene ring substituents is 1. The molecular formula is C22H22N2O7S. The van der Waals surface area contributed by atoms with Crippen LogP contribution in [-0.4, -0.2) is 44.7 Å². The molecule has 10 heteroatoms. The summed E-state index contributed by atoms with van der Waals surface area (Å²) in [6, 6.07) is 12.0.